The fourth-order valence-corrected chi connectivity index (χ4v) is 9.64. The fourth-order valence-electron chi connectivity index (χ4n) is 6.39. The Bertz CT molecular complexity index is 1190. The number of fused-ring (bicyclic) bond motifs is 1. The van der Waals surface area contributed by atoms with Crippen LogP contribution in [0.4, 0.5) is 0 Å². The van der Waals surface area contributed by atoms with Crippen molar-refractivity contribution in [3.63, 3.8) is 0 Å². The van der Waals surface area contributed by atoms with Crippen molar-refractivity contribution < 1.29 is 9.84 Å². The quantitative estimate of drug-likeness (QED) is 0.282. The predicted octanol–water partition coefficient (Wildman–Crippen LogP) is 6.25. The van der Waals surface area contributed by atoms with Crippen LogP contribution >= 0.6 is 0 Å². The molecule has 0 spiro atoms. The SMILES string of the molecule is COc1ccc(C2CCc3cc(O)ccc3C2)c([AsH]C(C)Cc2ccc(CCNC3CCCCC3)cc2)c1. The Morgan fingerprint density at radius 3 is 2.50 bits per heavy atom. The number of benzene rings is 3. The van der Waals surface area contributed by atoms with Crippen LogP contribution in [0, 0.1) is 0 Å². The summed E-state index contributed by atoms with van der Waals surface area (Å²) in [5, 5.41) is 13.7. The van der Waals surface area contributed by atoms with E-state index in [0.29, 0.717) is 16.4 Å². The number of aryl methyl sites for hydroxylation is 1. The zero-order chi connectivity index (χ0) is 26.3. The van der Waals surface area contributed by atoms with Crippen molar-refractivity contribution >= 4 is 20.1 Å². The monoisotopic (exact) mass is 573 g/mol. The van der Waals surface area contributed by atoms with E-state index in [9.17, 15) is 5.11 Å². The number of phenols is 1. The van der Waals surface area contributed by atoms with Gasteiger partial charge in [-0.15, -0.1) is 0 Å². The number of nitrogens with one attached hydrogen (secondary N) is 1. The van der Waals surface area contributed by atoms with Gasteiger partial charge in [-0.25, -0.2) is 0 Å². The van der Waals surface area contributed by atoms with Gasteiger partial charge < -0.3 is 0 Å². The van der Waals surface area contributed by atoms with Crippen molar-refractivity contribution in [1.29, 1.82) is 0 Å². The molecular formula is C34H44AsNO2. The summed E-state index contributed by atoms with van der Waals surface area (Å²) in [6, 6.07) is 22.9. The third kappa shape index (κ3) is 7.24. The summed E-state index contributed by atoms with van der Waals surface area (Å²) in [5.74, 6) is 1.91. The first-order valence-corrected chi connectivity index (χ1v) is 16.9. The summed E-state index contributed by atoms with van der Waals surface area (Å²) in [5.41, 5.74) is 7.14. The second-order valence-electron chi connectivity index (χ2n) is 11.5. The van der Waals surface area contributed by atoms with Gasteiger partial charge in [0.25, 0.3) is 0 Å². The van der Waals surface area contributed by atoms with Crippen LogP contribution in [0.2, 0.25) is 4.71 Å². The van der Waals surface area contributed by atoms with E-state index in [-0.39, 0.29) is 15.8 Å². The molecule has 2 N–H and O–H groups in total. The Hall–Kier alpha value is -2.22. The van der Waals surface area contributed by atoms with Crippen molar-refractivity contribution in [3.8, 4) is 11.5 Å². The van der Waals surface area contributed by atoms with Crippen LogP contribution in [-0.4, -0.2) is 40.6 Å². The van der Waals surface area contributed by atoms with Gasteiger partial charge in [0, 0.05) is 0 Å². The Kier molecular flexibility index (Phi) is 9.52. The molecule has 2 aliphatic rings. The van der Waals surface area contributed by atoms with Crippen LogP contribution in [-0.2, 0) is 25.7 Å². The standard InChI is InChI=1S/C34H44AsNO2/c1-24(20-26-10-8-25(9-11-26)18-19-36-30-6-4-3-5-7-30)35-34-23-32(38-2)16-17-33(34)29-13-12-28-22-31(37)15-14-27(28)21-29/h8-11,14-17,22-24,29-30,35-37H,3-7,12-13,18-21H2,1-2H3. The number of rotatable bonds is 10. The fraction of sp³-hybridized carbons (Fsp3) is 0.471. The molecular weight excluding hydrogens is 529 g/mol. The molecule has 4 heteroatoms. The van der Waals surface area contributed by atoms with E-state index in [1.807, 2.05) is 12.1 Å². The molecule has 0 aromatic heterocycles. The van der Waals surface area contributed by atoms with Crippen LogP contribution in [0.15, 0.2) is 60.7 Å². The van der Waals surface area contributed by atoms with E-state index in [1.54, 1.807) is 11.5 Å². The summed E-state index contributed by atoms with van der Waals surface area (Å²) >= 11 is -0.329. The Morgan fingerprint density at radius 2 is 1.71 bits per heavy atom. The number of hydrogen-bond acceptors (Lipinski definition) is 3. The van der Waals surface area contributed by atoms with Crippen LogP contribution in [0.5, 0.6) is 11.5 Å². The first-order chi connectivity index (χ1) is 18.6. The summed E-state index contributed by atoms with van der Waals surface area (Å²) in [6.07, 6.45) is 12.4. The van der Waals surface area contributed by atoms with Crippen LogP contribution in [0.1, 0.15) is 79.2 Å². The minimum absolute atomic E-state index is 0.329. The van der Waals surface area contributed by atoms with Gasteiger partial charge in [-0.1, -0.05) is 6.42 Å². The number of ether oxygens (including phenoxy) is 1. The van der Waals surface area contributed by atoms with Gasteiger partial charge >= 0.3 is 230 Å². The van der Waals surface area contributed by atoms with Crippen molar-refractivity contribution in [3.05, 3.63) is 88.5 Å². The van der Waals surface area contributed by atoms with Crippen molar-refractivity contribution in [2.24, 2.45) is 0 Å². The molecule has 0 radical (unpaired) electrons. The Labute approximate surface area is 236 Å². The molecule has 2 aliphatic carbocycles. The van der Waals surface area contributed by atoms with Crippen molar-refractivity contribution in [2.45, 2.75) is 87.8 Å². The van der Waals surface area contributed by atoms with Crippen molar-refractivity contribution in [1.82, 2.24) is 5.32 Å². The Balaban J connectivity index is 1.19. The topological polar surface area (TPSA) is 41.5 Å². The van der Waals surface area contributed by atoms with Gasteiger partial charge in [-0.3, -0.25) is 0 Å². The molecule has 0 heterocycles. The van der Waals surface area contributed by atoms with Crippen LogP contribution in [0.25, 0.3) is 0 Å². The predicted molar refractivity (Wildman–Crippen MR) is 161 cm³/mol. The number of hydrogen-bond donors (Lipinski definition) is 2. The van der Waals surface area contributed by atoms with E-state index in [0.717, 1.165) is 50.4 Å². The average molecular weight is 574 g/mol. The van der Waals surface area contributed by atoms with E-state index < -0.39 is 0 Å². The first-order valence-electron chi connectivity index (χ1n) is 14.6. The van der Waals surface area contributed by atoms with Gasteiger partial charge in [0.1, 0.15) is 0 Å². The molecule has 0 saturated heterocycles. The van der Waals surface area contributed by atoms with Gasteiger partial charge in [-0.05, 0) is 0 Å². The number of aromatic hydroxyl groups is 1. The Morgan fingerprint density at radius 1 is 0.921 bits per heavy atom. The van der Waals surface area contributed by atoms with Crippen LogP contribution < -0.4 is 14.4 Å². The van der Waals surface area contributed by atoms with Crippen molar-refractivity contribution in [2.75, 3.05) is 13.7 Å². The van der Waals surface area contributed by atoms with Gasteiger partial charge in [0.2, 0.25) is 0 Å². The van der Waals surface area contributed by atoms with E-state index in [1.165, 1.54) is 59.9 Å². The summed E-state index contributed by atoms with van der Waals surface area (Å²) in [6.45, 7) is 3.53. The van der Waals surface area contributed by atoms with Gasteiger partial charge in [-0.2, -0.15) is 0 Å². The van der Waals surface area contributed by atoms with E-state index >= 15 is 0 Å². The molecule has 0 aliphatic heterocycles. The molecule has 3 atom stereocenters. The summed E-state index contributed by atoms with van der Waals surface area (Å²) in [4.78, 5) is 0. The molecule has 0 amide bonds. The molecule has 3 unspecified atom stereocenters. The molecule has 0 bridgehead atoms. The molecule has 5 rings (SSSR count). The van der Waals surface area contributed by atoms with E-state index in [2.05, 4.69) is 60.8 Å². The molecule has 202 valence electrons. The first kappa shape index (κ1) is 27.3. The molecule has 3 aromatic carbocycles. The minimum atomic E-state index is -0.329. The molecule has 38 heavy (non-hydrogen) atoms. The second-order valence-corrected chi connectivity index (χ2v) is 15.3. The number of phenolic OH excluding ortho intramolecular Hbond substituents is 1. The maximum atomic E-state index is 9.88. The number of methoxy groups -OCH3 is 1. The maximum absolute atomic E-state index is 9.88. The zero-order valence-electron chi connectivity index (χ0n) is 23.1. The van der Waals surface area contributed by atoms with Gasteiger partial charge in [0.15, 0.2) is 0 Å². The summed E-state index contributed by atoms with van der Waals surface area (Å²) < 4.78 is 7.86. The average Bonchev–Trinajstić information content (AvgIpc) is 2.94. The second kappa shape index (κ2) is 13.2. The summed E-state index contributed by atoms with van der Waals surface area (Å²) in [7, 11) is 1.78. The van der Waals surface area contributed by atoms with E-state index in [4.69, 9.17) is 4.74 Å². The zero-order valence-corrected chi connectivity index (χ0v) is 25.2. The third-order valence-corrected chi connectivity index (χ3v) is 11.6. The molecule has 3 nitrogen and oxygen atoms in total. The molecule has 3 aromatic rings. The molecule has 1 fully saturated rings. The van der Waals surface area contributed by atoms with Crippen LogP contribution in [0.3, 0.4) is 0 Å². The molecule has 1 saturated carbocycles. The normalized spacial score (nSPS) is 18.9. The van der Waals surface area contributed by atoms with Gasteiger partial charge in [0.05, 0.1) is 0 Å². The third-order valence-electron chi connectivity index (χ3n) is 8.54.